The molecule has 186 valence electrons. The number of hydrogen-bond acceptors (Lipinski definition) is 5. The van der Waals surface area contributed by atoms with Crippen LogP contribution in [0.5, 0.6) is 0 Å². The first-order chi connectivity index (χ1) is 17.3. The van der Waals surface area contributed by atoms with E-state index in [9.17, 15) is 14.7 Å². The second-order valence-electron chi connectivity index (χ2n) is 9.47. The molecule has 2 aliphatic rings. The lowest BCUT2D eigenvalue weighted by Gasteiger charge is -2.16. The van der Waals surface area contributed by atoms with Gasteiger partial charge in [-0.05, 0) is 85.3 Å². The maximum Gasteiger partial charge on any atom is 0.412 e. The molecule has 1 heterocycles. The topological polar surface area (TPSA) is 88.5 Å². The van der Waals surface area contributed by atoms with Gasteiger partial charge in [-0.15, -0.1) is 0 Å². The molecule has 8 heteroatoms. The average molecular weight is 523 g/mol. The number of aryl methyl sites for hydroxylation is 1. The molecule has 0 bridgehead atoms. The molecule has 1 aromatic heterocycles. The van der Waals surface area contributed by atoms with Crippen molar-refractivity contribution in [3.8, 4) is 21.6 Å². The van der Waals surface area contributed by atoms with Gasteiger partial charge in [-0.3, -0.25) is 10.1 Å². The Morgan fingerprint density at radius 1 is 1.06 bits per heavy atom. The van der Waals surface area contributed by atoms with Crippen molar-refractivity contribution in [2.75, 3.05) is 5.32 Å². The van der Waals surface area contributed by atoms with E-state index in [2.05, 4.69) is 9.69 Å². The molecule has 1 atom stereocenters. The molecule has 2 aromatic carbocycles. The summed E-state index contributed by atoms with van der Waals surface area (Å²) in [6.45, 7) is 3.70. The number of ether oxygens (including phenoxy) is 1. The van der Waals surface area contributed by atoms with Crippen LogP contribution in [-0.4, -0.2) is 27.6 Å². The summed E-state index contributed by atoms with van der Waals surface area (Å²) < 4.78 is 10.0. The molecule has 0 spiro atoms. The van der Waals surface area contributed by atoms with Gasteiger partial charge in [0.2, 0.25) is 0 Å². The molecule has 0 saturated heterocycles. The van der Waals surface area contributed by atoms with Crippen LogP contribution in [0, 0.1) is 6.92 Å². The highest BCUT2D eigenvalue weighted by Gasteiger charge is 2.51. The summed E-state index contributed by atoms with van der Waals surface area (Å²) in [6.07, 6.45) is 3.18. The zero-order valence-corrected chi connectivity index (χ0v) is 21.7. The molecule has 1 saturated carbocycles. The van der Waals surface area contributed by atoms with E-state index in [1.54, 1.807) is 0 Å². The number of rotatable bonds is 7. The number of halogens is 1. The van der Waals surface area contributed by atoms with Crippen LogP contribution in [0.15, 0.2) is 59.1 Å². The van der Waals surface area contributed by atoms with E-state index in [1.807, 2.05) is 62.4 Å². The molecule has 0 aliphatic heterocycles. The van der Waals surface area contributed by atoms with Gasteiger partial charge in [-0.2, -0.15) is 4.37 Å². The highest BCUT2D eigenvalue weighted by molar-refractivity contribution is 7.10. The summed E-state index contributed by atoms with van der Waals surface area (Å²) in [7, 11) is 0. The van der Waals surface area contributed by atoms with Crippen molar-refractivity contribution >= 4 is 40.9 Å². The Bertz CT molecular complexity index is 1340. The predicted octanol–water partition coefficient (Wildman–Crippen LogP) is 7.52. The normalized spacial score (nSPS) is 17.1. The summed E-state index contributed by atoms with van der Waals surface area (Å²) >= 11 is 7.59. The Kier molecular flexibility index (Phi) is 6.62. The number of carbonyl (C=O) groups excluding carboxylic acids is 1. The number of nitrogens with zero attached hydrogens (tertiary/aromatic N) is 1. The first kappa shape index (κ1) is 24.5. The van der Waals surface area contributed by atoms with E-state index in [0.717, 1.165) is 62.7 Å². The lowest BCUT2D eigenvalue weighted by molar-refractivity contribution is -0.140. The lowest BCUT2D eigenvalue weighted by atomic mass is 9.93. The van der Waals surface area contributed by atoms with E-state index in [1.165, 1.54) is 11.5 Å². The number of nitrogens with one attached hydrogen (secondary N) is 1. The zero-order valence-electron chi connectivity index (χ0n) is 20.1. The number of amides is 1. The maximum absolute atomic E-state index is 12.6. The SMILES string of the molecule is Cc1nsc(-c2ccc(-c3ccc(C4(C(=O)O)CC4)cc3)cc2)c1NC(=O)O[C@H](C)C1=C(Cl)CCC1. The van der Waals surface area contributed by atoms with Gasteiger partial charge in [-0.25, -0.2) is 4.79 Å². The largest absolute Gasteiger partial charge is 0.481 e. The van der Waals surface area contributed by atoms with Gasteiger partial charge >= 0.3 is 12.1 Å². The van der Waals surface area contributed by atoms with Gasteiger partial charge in [0.05, 0.1) is 21.7 Å². The first-order valence-corrected chi connectivity index (χ1v) is 13.2. The number of anilines is 1. The van der Waals surface area contributed by atoms with Crippen molar-refractivity contribution in [2.45, 2.75) is 57.5 Å². The van der Waals surface area contributed by atoms with E-state index in [-0.39, 0.29) is 6.10 Å². The molecule has 2 N–H and O–H groups in total. The molecule has 6 nitrogen and oxygen atoms in total. The molecule has 0 unspecified atom stereocenters. The quantitative estimate of drug-likeness (QED) is 0.335. The summed E-state index contributed by atoms with van der Waals surface area (Å²) in [6, 6.07) is 15.8. The third kappa shape index (κ3) is 4.65. The molecule has 5 rings (SSSR count). The second kappa shape index (κ2) is 9.71. The van der Waals surface area contributed by atoms with E-state index < -0.39 is 17.5 Å². The predicted molar refractivity (Wildman–Crippen MR) is 143 cm³/mol. The van der Waals surface area contributed by atoms with Crippen molar-refractivity contribution in [2.24, 2.45) is 0 Å². The van der Waals surface area contributed by atoms with Crippen LogP contribution < -0.4 is 5.32 Å². The molecule has 2 aliphatic carbocycles. The van der Waals surface area contributed by atoms with E-state index >= 15 is 0 Å². The minimum absolute atomic E-state index is 0.369. The number of benzene rings is 2. The fraction of sp³-hybridized carbons (Fsp3) is 0.321. The number of allylic oxidation sites excluding steroid dienone is 1. The van der Waals surface area contributed by atoms with Crippen molar-refractivity contribution in [3.05, 3.63) is 70.4 Å². The number of hydrogen-bond donors (Lipinski definition) is 2. The first-order valence-electron chi connectivity index (χ1n) is 12.0. The van der Waals surface area contributed by atoms with Crippen LogP contribution in [-0.2, 0) is 14.9 Å². The number of aliphatic carboxylic acids is 1. The Morgan fingerprint density at radius 3 is 2.22 bits per heavy atom. The number of carboxylic acid groups (broad SMARTS) is 1. The highest BCUT2D eigenvalue weighted by Crippen LogP contribution is 2.48. The maximum atomic E-state index is 12.6. The Balaban J connectivity index is 1.30. The fourth-order valence-electron chi connectivity index (χ4n) is 4.78. The van der Waals surface area contributed by atoms with Crippen LogP contribution in [0.2, 0.25) is 0 Å². The standard InChI is InChI=1S/C28H27ClN2O4S/c1-16-24(30-27(34)35-17(2)22-4-3-5-23(22)29)25(36-31-16)20-8-6-18(7-9-20)19-10-12-21(13-11-19)28(14-15-28)26(32)33/h6-13,17H,3-5,14-15H2,1-2H3,(H,30,34)(H,32,33)/t17-/m1/s1. The molecular formula is C28H27ClN2O4S. The Hall–Kier alpha value is -3.16. The van der Waals surface area contributed by atoms with Gasteiger partial charge in [0, 0.05) is 5.03 Å². The number of aromatic nitrogens is 1. The highest BCUT2D eigenvalue weighted by atomic mass is 35.5. The molecule has 1 fully saturated rings. The van der Waals surface area contributed by atoms with E-state index in [0.29, 0.717) is 18.5 Å². The van der Waals surface area contributed by atoms with Crippen molar-refractivity contribution in [3.63, 3.8) is 0 Å². The zero-order chi connectivity index (χ0) is 25.4. The van der Waals surface area contributed by atoms with Crippen molar-refractivity contribution in [1.82, 2.24) is 4.37 Å². The third-order valence-electron chi connectivity index (χ3n) is 7.13. The lowest BCUT2D eigenvalue weighted by Crippen LogP contribution is -2.22. The molecule has 0 radical (unpaired) electrons. The van der Waals surface area contributed by atoms with Crippen LogP contribution in [0.1, 0.15) is 50.3 Å². The summed E-state index contributed by atoms with van der Waals surface area (Å²) in [5.74, 6) is -0.748. The summed E-state index contributed by atoms with van der Waals surface area (Å²) in [5, 5.41) is 13.2. The molecule has 36 heavy (non-hydrogen) atoms. The fourth-order valence-corrected chi connectivity index (χ4v) is 6.01. The number of carboxylic acids is 1. The molecule has 1 amide bonds. The van der Waals surface area contributed by atoms with E-state index in [4.69, 9.17) is 16.3 Å². The van der Waals surface area contributed by atoms with Crippen LogP contribution in [0.25, 0.3) is 21.6 Å². The van der Waals surface area contributed by atoms with Gasteiger partial charge in [0.1, 0.15) is 6.10 Å². The smallest absolute Gasteiger partial charge is 0.412 e. The van der Waals surface area contributed by atoms with Gasteiger partial charge in [0.25, 0.3) is 0 Å². The van der Waals surface area contributed by atoms with Crippen LogP contribution >= 0.6 is 23.1 Å². The van der Waals surface area contributed by atoms with Crippen LogP contribution in [0.4, 0.5) is 10.5 Å². The van der Waals surface area contributed by atoms with Gasteiger partial charge < -0.3 is 9.84 Å². The third-order valence-corrected chi connectivity index (χ3v) is 8.55. The Morgan fingerprint density at radius 2 is 1.67 bits per heavy atom. The summed E-state index contributed by atoms with van der Waals surface area (Å²) in [4.78, 5) is 25.1. The van der Waals surface area contributed by atoms with Crippen LogP contribution in [0.3, 0.4) is 0 Å². The van der Waals surface area contributed by atoms with Crippen molar-refractivity contribution in [1.29, 1.82) is 0 Å². The van der Waals surface area contributed by atoms with Gasteiger partial charge in [-0.1, -0.05) is 60.1 Å². The average Bonchev–Trinajstić information content (AvgIpc) is 3.46. The Labute approximate surface area is 219 Å². The minimum atomic E-state index is -0.748. The molecular weight excluding hydrogens is 496 g/mol. The summed E-state index contributed by atoms with van der Waals surface area (Å²) in [5.41, 5.74) is 5.50. The number of carbonyl (C=O) groups is 2. The minimum Gasteiger partial charge on any atom is -0.481 e. The molecule has 3 aromatic rings. The van der Waals surface area contributed by atoms with Crippen molar-refractivity contribution < 1.29 is 19.4 Å². The second-order valence-corrected chi connectivity index (χ2v) is 10.7. The monoisotopic (exact) mass is 522 g/mol. The van der Waals surface area contributed by atoms with Gasteiger partial charge in [0.15, 0.2) is 0 Å².